The van der Waals surface area contributed by atoms with Gasteiger partial charge in [-0.15, -0.1) is 0 Å². The SMILES string of the molecule is Nc1ccnc(N2CCC3(CC2)C[C@H](NC(=O)c2ccccn2)c2ccccc23)c1. The largest absolute Gasteiger partial charge is 0.399 e. The van der Waals surface area contributed by atoms with E-state index in [2.05, 4.69) is 44.5 Å². The van der Waals surface area contributed by atoms with Crippen LogP contribution in [0.1, 0.15) is 46.9 Å². The first-order chi connectivity index (χ1) is 14.6. The fraction of sp³-hybridized carbons (Fsp3) is 0.292. The van der Waals surface area contributed by atoms with Crippen molar-refractivity contribution >= 4 is 17.4 Å². The van der Waals surface area contributed by atoms with Crippen molar-refractivity contribution in [3.63, 3.8) is 0 Å². The van der Waals surface area contributed by atoms with Crippen LogP contribution < -0.4 is 16.0 Å². The Bertz CT molecular complexity index is 1060. The van der Waals surface area contributed by atoms with Crippen LogP contribution in [0.5, 0.6) is 0 Å². The molecule has 3 aromatic rings. The smallest absolute Gasteiger partial charge is 0.270 e. The summed E-state index contributed by atoms with van der Waals surface area (Å²) in [6.45, 7) is 1.84. The molecule has 0 saturated carbocycles. The first-order valence-electron chi connectivity index (χ1n) is 10.4. The van der Waals surface area contributed by atoms with Gasteiger partial charge in [0.1, 0.15) is 11.5 Å². The third-order valence-corrected chi connectivity index (χ3v) is 6.52. The van der Waals surface area contributed by atoms with Gasteiger partial charge < -0.3 is 16.0 Å². The Morgan fingerprint density at radius 1 is 1.03 bits per heavy atom. The topological polar surface area (TPSA) is 84.1 Å². The lowest BCUT2D eigenvalue weighted by atomic mass is 9.73. The van der Waals surface area contributed by atoms with Gasteiger partial charge in [0.05, 0.1) is 6.04 Å². The summed E-state index contributed by atoms with van der Waals surface area (Å²) in [5.41, 5.74) is 9.83. The first-order valence-corrected chi connectivity index (χ1v) is 10.4. The molecule has 1 atom stereocenters. The van der Waals surface area contributed by atoms with Gasteiger partial charge in [-0.2, -0.15) is 0 Å². The Balaban J connectivity index is 1.36. The number of nitrogens with two attached hydrogens (primary N) is 1. The van der Waals surface area contributed by atoms with E-state index in [1.54, 1.807) is 18.5 Å². The highest BCUT2D eigenvalue weighted by atomic mass is 16.1. The molecule has 6 heteroatoms. The number of piperidine rings is 1. The van der Waals surface area contributed by atoms with E-state index in [4.69, 9.17) is 5.73 Å². The van der Waals surface area contributed by atoms with E-state index in [9.17, 15) is 4.79 Å². The lowest BCUT2D eigenvalue weighted by molar-refractivity contribution is 0.0926. The summed E-state index contributed by atoms with van der Waals surface area (Å²) in [5, 5.41) is 3.23. The average Bonchev–Trinajstić information content (AvgIpc) is 3.08. The van der Waals surface area contributed by atoms with Crippen molar-refractivity contribution in [2.75, 3.05) is 23.7 Å². The number of nitrogens with zero attached hydrogens (tertiary/aromatic N) is 3. The van der Waals surface area contributed by atoms with Crippen molar-refractivity contribution in [2.45, 2.75) is 30.7 Å². The van der Waals surface area contributed by atoms with Crippen LogP contribution in [0, 0.1) is 0 Å². The van der Waals surface area contributed by atoms with E-state index in [1.165, 1.54) is 11.1 Å². The maximum Gasteiger partial charge on any atom is 0.270 e. The number of pyridine rings is 2. The van der Waals surface area contributed by atoms with Crippen molar-refractivity contribution in [3.05, 3.63) is 83.8 Å². The molecule has 2 aromatic heterocycles. The molecule has 3 N–H and O–H groups in total. The van der Waals surface area contributed by atoms with E-state index in [-0.39, 0.29) is 17.4 Å². The van der Waals surface area contributed by atoms with Gasteiger partial charge in [-0.1, -0.05) is 30.3 Å². The molecule has 5 rings (SSSR count). The van der Waals surface area contributed by atoms with Crippen molar-refractivity contribution in [1.82, 2.24) is 15.3 Å². The number of benzene rings is 1. The summed E-state index contributed by atoms with van der Waals surface area (Å²) in [6, 6.07) is 17.7. The molecule has 0 radical (unpaired) electrons. The van der Waals surface area contributed by atoms with Crippen molar-refractivity contribution in [3.8, 4) is 0 Å². The van der Waals surface area contributed by atoms with Gasteiger partial charge in [0.25, 0.3) is 5.91 Å². The molecule has 30 heavy (non-hydrogen) atoms. The number of anilines is 2. The van der Waals surface area contributed by atoms with Gasteiger partial charge in [-0.3, -0.25) is 9.78 Å². The Morgan fingerprint density at radius 2 is 1.83 bits per heavy atom. The monoisotopic (exact) mass is 399 g/mol. The van der Waals surface area contributed by atoms with Crippen LogP contribution in [0.25, 0.3) is 0 Å². The highest BCUT2D eigenvalue weighted by molar-refractivity contribution is 5.92. The summed E-state index contributed by atoms with van der Waals surface area (Å²) in [5.74, 6) is 0.824. The number of hydrogen-bond acceptors (Lipinski definition) is 5. The molecule has 0 bridgehead atoms. The standard InChI is InChI=1S/C24H25N5O/c25-17-8-12-27-22(15-17)29-13-9-24(10-14-29)16-21(18-5-1-2-6-19(18)24)28-23(30)20-7-3-4-11-26-20/h1-8,11-12,15,21H,9-10,13-14,16H2,(H2,25,27)(H,28,30)/t21-/m0/s1. The Hall–Kier alpha value is -3.41. The van der Waals surface area contributed by atoms with Gasteiger partial charge in [0, 0.05) is 42.7 Å². The number of carbonyl (C=O) groups excluding carboxylic acids is 1. The highest BCUT2D eigenvalue weighted by Crippen LogP contribution is 2.51. The molecule has 1 saturated heterocycles. The maximum absolute atomic E-state index is 12.7. The molecule has 6 nitrogen and oxygen atoms in total. The molecule has 1 aromatic carbocycles. The zero-order valence-electron chi connectivity index (χ0n) is 16.8. The minimum absolute atomic E-state index is 0.00718. The second-order valence-electron chi connectivity index (χ2n) is 8.25. The van der Waals surface area contributed by atoms with Crippen LogP contribution >= 0.6 is 0 Å². The number of fused-ring (bicyclic) bond motifs is 2. The van der Waals surface area contributed by atoms with Crippen LogP contribution in [0.2, 0.25) is 0 Å². The quantitative estimate of drug-likeness (QED) is 0.705. The fourth-order valence-electron chi connectivity index (χ4n) is 5.00. The third-order valence-electron chi connectivity index (χ3n) is 6.52. The van der Waals surface area contributed by atoms with Gasteiger partial charge in [0.2, 0.25) is 0 Å². The van der Waals surface area contributed by atoms with Crippen LogP contribution in [-0.4, -0.2) is 29.0 Å². The average molecular weight is 399 g/mol. The van der Waals surface area contributed by atoms with Gasteiger partial charge >= 0.3 is 0 Å². The molecule has 0 unspecified atom stereocenters. The van der Waals surface area contributed by atoms with Gasteiger partial charge in [-0.05, 0) is 48.6 Å². The summed E-state index contributed by atoms with van der Waals surface area (Å²) >= 11 is 0. The Labute approximate surface area is 176 Å². The fourth-order valence-corrected chi connectivity index (χ4v) is 5.00. The molecule has 152 valence electrons. The minimum atomic E-state index is -0.117. The lowest BCUT2D eigenvalue weighted by Gasteiger charge is -2.41. The Morgan fingerprint density at radius 3 is 2.60 bits per heavy atom. The molecule has 1 aliphatic carbocycles. The number of nitrogens with one attached hydrogen (secondary N) is 1. The highest BCUT2D eigenvalue weighted by Gasteiger charge is 2.45. The predicted octanol–water partition coefficient (Wildman–Crippen LogP) is 3.47. The van der Waals surface area contributed by atoms with Crippen molar-refractivity contribution in [2.24, 2.45) is 0 Å². The molecular formula is C24H25N5O. The maximum atomic E-state index is 12.7. The van der Waals surface area contributed by atoms with Crippen molar-refractivity contribution in [1.29, 1.82) is 0 Å². The predicted molar refractivity (Wildman–Crippen MR) is 117 cm³/mol. The summed E-state index contributed by atoms with van der Waals surface area (Å²) in [6.07, 6.45) is 6.39. The van der Waals surface area contributed by atoms with E-state index in [0.29, 0.717) is 5.69 Å². The number of hydrogen-bond donors (Lipinski definition) is 2. The molecule has 1 amide bonds. The zero-order chi connectivity index (χ0) is 20.6. The molecule has 1 aliphatic heterocycles. The van der Waals surface area contributed by atoms with Crippen molar-refractivity contribution < 1.29 is 4.79 Å². The molecule has 2 aliphatic rings. The van der Waals surface area contributed by atoms with Crippen LogP contribution in [0.15, 0.2) is 67.0 Å². The summed E-state index contributed by atoms with van der Waals surface area (Å²) in [7, 11) is 0. The number of rotatable bonds is 3. The number of carbonyl (C=O) groups is 1. The van der Waals surface area contributed by atoms with Crippen LogP contribution in [0.4, 0.5) is 11.5 Å². The zero-order valence-corrected chi connectivity index (χ0v) is 16.8. The first kappa shape index (κ1) is 18.6. The van der Waals surface area contributed by atoms with E-state index < -0.39 is 0 Å². The van der Waals surface area contributed by atoms with Crippen LogP contribution in [-0.2, 0) is 5.41 Å². The van der Waals surface area contributed by atoms with E-state index in [1.807, 2.05) is 24.3 Å². The second kappa shape index (κ2) is 7.44. The lowest BCUT2D eigenvalue weighted by Crippen LogP contribution is -2.42. The van der Waals surface area contributed by atoms with Crippen LogP contribution in [0.3, 0.4) is 0 Å². The number of amides is 1. The van der Waals surface area contributed by atoms with Gasteiger partial charge in [0.15, 0.2) is 0 Å². The molecule has 1 fully saturated rings. The molecule has 3 heterocycles. The normalized spacial score (nSPS) is 19.5. The Kier molecular flexibility index (Phi) is 4.62. The number of aromatic nitrogens is 2. The molecular weight excluding hydrogens is 374 g/mol. The third kappa shape index (κ3) is 3.28. The van der Waals surface area contributed by atoms with E-state index in [0.717, 1.165) is 43.9 Å². The minimum Gasteiger partial charge on any atom is -0.399 e. The second-order valence-corrected chi connectivity index (χ2v) is 8.25. The van der Waals surface area contributed by atoms with Gasteiger partial charge in [-0.25, -0.2) is 4.98 Å². The summed E-state index contributed by atoms with van der Waals surface area (Å²) < 4.78 is 0. The summed E-state index contributed by atoms with van der Waals surface area (Å²) in [4.78, 5) is 23.7. The number of nitrogen functional groups attached to an aromatic ring is 1. The molecule has 1 spiro atoms. The van der Waals surface area contributed by atoms with E-state index >= 15 is 0 Å².